The maximum Gasteiger partial charge on any atom is 0.416 e. The summed E-state index contributed by atoms with van der Waals surface area (Å²) < 4.78 is 49.2. The highest BCUT2D eigenvalue weighted by molar-refractivity contribution is 6.17. The van der Waals surface area contributed by atoms with E-state index in [0.717, 1.165) is 6.07 Å². The van der Waals surface area contributed by atoms with Crippen molar-refractivity contribution in [3.8, 4) is 17.2 Å². The molecule has 0 fully saturated rings. The first-order valence-electron chi connectivity index (χ1n) is 6.02. The molecule has 0 bridgehead atoms. The van der Waals surface area contributed by atoms with Gasteiger partial charge in [-0.25, -0.2) is 0 Å². The van der Waals surface area contributed by atoms with Gasteiger partial charge in [0.1, 0.15) is 17.2 Å². The van der Waals surface area contributed by atoms with Crippen LogP contribution in [0.2, 0.25) is 0 Å². The summed E-state index contributed by atoms with van der Waals surface area (Å²) in [5, 5.41) is 0. The monoisotopic (exact) mass is 316 g/mol. The van der Waals surface area contributed by atoms with Gasteiger partial charge in [0.15, 0.2) is 0 Å². The standard InChI is InChI=1S/C15H12ClF3O2/c1-20-11-4-6-12(7-5-11)21-13-3-2-10(9-16)14(8-13)15(17,18)19/h2-8H,9H2,1H3. The molecular formula is C15H12ClF3O2. The summed E-state index contributed by atoms with van der Waals surface area (Å²) in [4.78, 5) is 0. The van der Waals surface area contributed by atoms with Crippen molar-refractivity contribution >= 4 is 11.6 Å². The molecule has 2 nitrogen and oxygen atoms in total. The van der Waals surface area contributed by atoms with Crippen molar-refractivity contribution in [2.24, 2.45) is 0 Å². The van der Waals surface area contributed by atoms with E-state index in [0.29, 0.717) is 11.5 Å². The predicted molar refractivity (Wildman–Crippen MR) is 74.1 cm³/mol. The zero-order valence-corrected chi connectivity index (χ0v) is 11.8. The van der Waals surface area contributed by atoms with Crippen molar-refractivity contribution in [3.63, 3.8) is 0 Å². The number of halogens is 4. The molecule has 0 radical (unpaired) electrons. The van der Waals surface area contributed by atoms with E-state index in [1.807, 2.05) is 0 Å². The molecule has 2 aromatic carbocycles. The molecule has 0 aliphatic heterocycles. The third-order valence-electron chi connectivity index (χ3n) is 2.83. The summed E-state index contributed by atoms with van der Waals surface area (Å²) in [6.07, 6.45) is -4.47. The first-order valence-corrected chi connectivity index (χ1v) is 6.55. The number of rotatable bonds is 4. The molecule has 0 saturated carbocycles. The van der Waals surface area contributed by atoms with Crippen LogP contribution in [0.4, 0.5) is 13.2 Å². The zero-order valence-electron chi connectivity index (χ0n) is 11.1. The van der Waals surface area contributed by atoms with Gasteiger partial charge in [0.2, 0.25) is 0 Å². The van der Waals surface area contributed by atoms with Gasteiger partial charge in [0.25, 0.3) is 0 Å². The molecule has 2 aromatic rings. The number of alkyl halides is 4. The average Bonchev–Trinajstić information content (AvgIpc) is 2.47. The van der Waals surface area contributed by atoms with E-state index in [4.69, 9.17) is 21.1 Å². The van der Waals surface area contributed by atoms with Crippen molar-refractivity contribution < 1.29 is 22.6 Å². The fourth-order valence-corrected chi connectivity index (χ4v) is 2.01. The Hall–Kier alpha value is -1.88. The molecule has 112 valence electrons. The second kappa shape index (κ2) is 6.26. The minimum atomic E-state index is -4.47. The Bertz CT molecular complexity index is 609. The van der Waals surface area contributed by atoms with Gasteiger partial charge >= 0.3 is 6.18 Å². The maximum absolute atomic E-state index is 12.9. The van der Waals surface area contributed by atoms with Crippen molar-refractivity contribution in [1.82, 2.24) is 0 Å². The largest absolute Gasteiger partial charge is 0.497 e. The summed E-state index contributed by atoms with van der Waals surface area (Å²) in [6.45, 7) is 0. The summed E-state index contributed by atoms with van der Waals surface area (Å²) >= 11 is 5.53. The van der Waals surface area contributed by atoms with Gasteiger partial charge in [-0.1, -0.05) is 6.07 Å². The highest BCUT2D eigenvalue weighted by Gasteiger charge is 2.33. The third-order valence-corrected chi connectivity index (χ3v) is 3.11. The Balaban J connectivity index is 2.27. The van der Waals surface area contributed by atoms with E-state index >= 15 is 0 Å². The van der Waals surface area contributed by atoms with Gasteiger partial charge in [-0.05, 0) is 42.0 Å². The Morgan fingerprint density at radius 1 is 0.952 bits per heavy atom. The van der Waals surface area contributed by atoms with Crippen LogP contribution < -0.4 is 9.47 Å². The molecule has 0 N–H and O–H groups in total. The Labute approximate surface area is 125 Å². The van der Waals surface area contributed by atoms with E-state index in [9.17, 15) is 13.2 Å². The Morgan fingerprint density at radius 2 is 1.52 bits per heavy atom. The lowest BCUT2D eigenvalue weighted by molar-refractivity contribution is -0.138. The summed E-state index contributed by atoms with van der Waals surface area (Å²) in [7, 11) is 1.52. The van der Waals surface area contributed by atoms with E-state index in [1.54, 1.807) is 24.3 Å². The molecule has 21 heavy (non-hydrogen) atoms. The molecular weight excluding hydrogens is 305 g/mol. The number of hydrogen-bond acceptors (Lipinski definition) is 2. The van der Waals surface area contributed by atoms with Crippen LogP contribution in [0.1, 0.15) is 11.1 Å². The fourth-order valence-electron chi connectivity index (χ4n) is 1.78. The van der Waals surface area contributed by atoms with E-state index in [-0.39, 0.29) is 17.2 Å². The van der Waals surface area contributed by atoms with E-state index in [2.05, 4.69) is 0 Å². The molecule has 0 aliphatic rings. The van der Waals surface area contributed by atoms with Crippen LogP contribution in [0.15, 0.2) is 42.5 Å². The molecule has 0 aromatic heterocycles. The van der Waals surface area contributed by atoms with Crippen LogP contribution in [0.25, 0.3) is 0 Å². The van der Waals surface area contributed by atoms with Gasteiger partial charge in [-0.2, -0.15) is 13.2 Å². The SMILES string of the molecule is COc1ccc(Oc2ccc(CCl)c(C(F)(F)F)c2)cc1. The quantitative estimate of drug-likeness (QED) is 0.718. The molecule has 0 unspecified atom stereocenters. The highest BCUT2D eigenvalue weighted by atomic mass is 35.5. The molecule has 6 heteroatoms. The van der Waals surface area contributed by atoms with Crippen LogP contribution in [0.5, 0.6) is 17.2 Å². The Morgan fingerprint density at radius 3 is 2.05 bits per heavy atom. The summed E-state index contributed by atoms with van der Waals surface area (Å²) in [6, 6.07) is 10.3. The van der Waals surface area contributed by atoms with E-state index in [1.165, 1.54) is 19.2 Å². The molecule has 0 saturated heterocycles. The minimum absolute atomic E-state index is 0.0197. The topological polar surface area (TPSA) is 18.5 Å². The molecule has 0 aliphatic carbocycles. The minimum Gasteiger partial charge on any atom is -0.497 e. The zero-order chi connectivity index (χ0) is 15.5. The lowest BCUT2D eigenvalue weighted by Gasteiger charge is -2.13. The lowest BCUT2D eigenvalue weighted by Crippen LogP contribution is -2.08. The smallest absolute Gasteiger partial charge is 0.416 e. The summed E-state index contributed by atoms with van der Waals surface area (Å²) in [5.74, 6) is 0.942. The lowest BCUT2D eigenvalue weighted by atomic mass is 10.1. The second-order valence-corrected chi connectivity index (χ2v) is 4.50. The van der Waals surface area contributed by atoms with Crippen LogP contribution >= 0.6 is 11.6 Å². The van der Waals surface area contributed by atoms with E-state index < -0.39 is 11.7 Å². The number of benzene rings is 2. The van der Waals surface area contributed by atoms with Gasteiger partial charge < -0.3 is 9.47 Å². The van der Waals surface area contributed by atoms with Crippen LogP contribution in [-0.2, 0) is 12.1 Å². The van der Waals surface area contributed by atoms with Gasteiger partial charge in [0.05, 0.1) is 12.7 Å². The van der Waals surface area contributed by atoms with Crippen LogP contribution in [-0.4, -0.2) is 7.11 Å². The predicted octanol–water partition coefficient (Wildman–Crippen LogP) is 5.25. The first-order chi connectivity index (χ1) is 9.94. The molecule has 2 rings (SSSR count). The Kier molecular flexibility index (Phi) is 4.63. The first kappa shape index (κ1) is 15.5. The van der Waals surface area contributed by atoms with Crippen molar-refractivity contribution in [3.05, 3.63) is 53.6 Å². The molecule has 0 atom stereocenters. The fraction of sp³-hybridized carbons (Fsp3) is 0.200. The van der Waals surface area contributed by atoms with Crippen LogP contribution in [0.3, 0.4) is 0 Å². The number of ether oxygens (including phenoxy) is 2. The summed E-state index contributed by atoms with van der Waals surface area (Å²) in [5.41, 5.74) is -0.769. The van der Waals surface area contributed by atoms with Crippen molar-refractivity contribution in [2.75, 3.05) is 7.11 Å². The van der Waals surface area contributed by atoms with Gasteiger partial charge in [-0.15, -0.1) is 11.6 Å². The van der Waals surface area contributed by atoms with Crippen molar-refractivity contribution in [1.29, 1.82) is 0 Å². The van der Waals surface area contributed by atoms with Crippen LogP contribution in [0, 0.1) is 0 Å². The van der Waals surface area contributed by atoms with Gasteiger partial charge in [-0.3, -0.25) is 0 Å². The molecule has 0 heterocycles. The molecule has 0 amide bonds. The number of hydrogen-bond donors (Lipinski definition) is 0. The van der Waals surface area contributed by atoms with Crippen molar-refractivity contribution in [2.45, 2.75) is 12.1 Å². The molecule has 0 spiro atoms. The second-order valence-electron chi connectivity index (χ2n) is 4.23. The average molecular weight is 317 g/mol. The van der Waals surface area contributed by atoms with Gasteiger partial charge in [0, 0.05) is 5.88 Å². The third kappa shape index (κ3) is 3.82. The normalized spacial score (nSPS) is 11.3. The number of methoxy groups -OCH3 is 1. The highest BCUT2D eigenvalue weighted by Crippen LogP contribution is 2.36. The maximum atomic E-state index is 12.9.